The van der Waals surface area contributed by atoms with Crippen LogP contribution in [0.3, 0.4) is 0 Å². The highest BCUT2D eigenvalue weighted by molar-refractivity contribution is 7.81. The second-order valence-corrected chi connectivity index (χ2v) is 5.86. The van der Waals surface area contributed by atoms with E-state index in [2.05, 4.69) is 24.8 Å². The molecule has 3 aromatic rings. The Kier molecular flexibility index (Phi) is 4.75. The van der Waals surface area contributed by atoms with Gasteiger partial charge >= 0.3 is 10.5 Å². The maximum Gasteiger partial charge on any atom is 0.488 e. The lowest BCUT2D eigenvalue weighted by molar-refractivity contribution is 0.292. The number of benzene rings is 2. The molecule has 0 unspecified atom stereocenters. The van der Waals surface area contributed by atoms with Crippen LogP contribution in [0.4, 0.5) is 12.7 Å². The number of aromatic amines is 1. The normalized spacial score (nSPS) is 11.3. The summed E-state index contributed by atoms with van der Waals surface area (Å²) in [5.74, 6) is -1.73. The Hall–Kier alpha value is -3.15. The molecule has 2 aromatic carbocycles. The van der Waals surface area contributed by atoms with E-state index in [4.69, 9.17) is 4.74 Å². The number of rotatable bonds is 6. The average Bonchev–Trinajstić information content (AvgIpc) is 3.08. The van der Waals surface area contributed by atoms with Crippen LogP contribution in [0.1, 0.15) is 5.56 Å². The van der Waals surface area contributed by atoms with Crippen LogP contribution < -0.4 is 8.92 Å². The zero-order valence-corrected chi connectivity index (χ0v) is 13.5. The molecule has 0 saturated heterocycles. The van der Waals surface area contributed by atoms with Crippen molar-refractivity contribution >= 4 is 10.5 Å². The number of hydrogen-bond acceptors (Lipinski definition) is 7. The molecule has 1 aromatic heterocycles. The van der Waals surface area contributed by atoms with E-state index in [9.17, 15) is 21.1 Å². The van der Waals surface area contributed by atoms with E-state index in [0.717, 1.165) is 24.3 Å². The summed E-state index contributed by atoms with van der Waals surface area (Å²) in [5, 5.41) is 12.6. The van der Waals surface area contributed by atoms with Crippen LogP contribution >= 0.6 is 0 Å². The predicted molar refractivity (Wildman–Crippen MR) is 81.0 cm³/mol. The lowest BCUT2D eigenvalue weighted by Crippen LogP contribution is -2.03. The number of nitrogens with one attached hydrogen (secondary N) is 1. The van der Waals surface area contributed by atoms with Gasteiger partial charge in [-0.15, -0.1) is 5.10 Å². The standard InChI is InChI=1S/C14H9F3N4O4S/c15-12-5-8(14-18-20-21-19-14)6-13(16)11(12)7-24-9-1-3-10(4-2-9)25-26(17,22)23/h1-6H,7H2,(H,18,19,20,21). The number of ether oxygens (including phenoxy) is 1. The molecule has 0 aliphatic rings. The Balaban J connectivity index is 1.72. The molecule has 0 aliphatic heterocycles. The fourth-order valence-corrected chi connectivity index (χ4v) is 2.36. The summed E-state index contributed by atoms with van der Waals surface area (Å²) < 4.78 is 70.6. The largest absolute Gasteiger partial charge is 0.489 e. The van der Waals surface area contributed by atoms with Gasteiger partial charge in [-0.25, -0.2) is 13.9 Å². The van der Waals surface area contributed by atoms with E-state index in [1.165, 1.54) is 12.1 Å². The molecule has 0 bridgehead atoms. The first-order valence-electron chi connectivity index (χ1n) is 6.91. The van der Waals surface area contributed by atoms with Gasteiger partial charge in [-0.05, 0) is 46.8 Å². The first kappa shape index (κ1) is 17.7. The van der Waals surface area contributed by atoms with Crippen molar-refractivity contribution in [3.05, 3.63) is 53.6 Å². The van der Waals surface area contributed by atoms with Crippen molar-refractivity contribution in [3.8, 4) is 22.9 Å². The third kappa shape index (κ3) is 4.27. The number of tetrazole rings is 1. The SMILES string of the molecule is O=S(=O)(F)Oc1ccc(OCc2c(F)cc(-c3nnn[nH]3)cc2F)cc1. The van der Waals surface area contributed by atoms with E-state index in [-0.39, 0.29) is 28.5 Å². The molecule has 0 spiro atoms. The number of hydrogen-bond donors (Lipinski definition) is 1. The monoisotopic (exact) mass is 386 g/mol. The third-order valence-corrected chi connectivity index (χ3v) is 3.55. The van der Waals surface area contributed by atoms with Gasteiger partial charge in [-0.2, -0.15) is 8.42 Å². The first-order chi connectivity index (χ1) is 12.3. The van der Waals surface area contributed by atoms with Gasteiger partial charge in [0.25, 0.3) is 0 Å². The molecule has 0 atom stereocenters. The fraction of sp³-hybridized carbons (Fsp3) is 0.0714. The van der Waals surface area contributed by atoms with Crippen molar-refractivity contribution in [2.75, 3.05) is 0 Å². The molecule has 136 valence electrons. The van der Waals surface area contributed by atoms with Crippen molar-refractivity contribution in [3.63, 3.8) is 0 Å². The van der Waals surface area contributed by atoms with Crippen LogP contribution in [0, 0.1) is 11.6 Å². The van der Waals surface area contributed by atoms with E-state index >= 15 is 0 Å². The zero-order chi connectivity index (χ0) is 18.7. The number of halogens is 3. The molecular weight excluding hydrogens is 377 g/mol. The summed E-state index contributed by atoms with van der Waals surface area (Å²) >= 11 is 0. The summed E-state index contributed by atoms with van der Waals surface area (Å²) in [6.45, 7) is -0.436. The lowest BCUT2D eigenvalue weighted by Gasteiger charge is -2.10. The van der Waals surface area contributed by atoms with Gasteiger partial charge in [0.15, 0.2) is 5.82 Å². The maximum absolute atomic E-state index is 14.1. The van der Waals surface area contributed by atoms with Crippen molar-refractivity contribution in [2.24, 2.45) is 0 Å². The van der Waals surface area contributed by atoms with Crippen molar-refractivity contribution in [2.45, 2.75) is 6.61 Å². The molecule has 3 rings (SSSR count). The summed E-state index contributed by atoms with van der Waals surface area (Å²) in [6, 6.07) is 6.86. The van der Waals surface area contributed by atoms with Crippen molar-refractivity contribution < 1.29 is 30.0 Å². The van der Waals surface area contributed by atoms with E-state index in [1.807, 2.05) is 0 Å². The van der Waals surface area contributed by atoms with E-state index < -0.39 is 28.7 Å². The molecule has 8 nitrogen and oxygen atoms in total. The third-order valence-electron chi connectivity index (χ3n) is 3.16. The molecule has 1 N–H and O–H groups in total. The van der Waals surface area contributed by atoms with Crippen LogP contribution in [-0.2, 0) is 17.1 Å². The van der Waals surface area contributed by atoms with Gasteiger partial charge in [0.1, 0.15) is 29.7 Å². The minimum atomic E-state index is -5.14. The Morgan fingerprint density at radius 3 is 2.19 bits per heavy atom. The van der Waals surface area contributed by atoms with Gasteiger partial charge in [0.2, 0.25) is 0 Å². The molecule has 0 radical (unpaired) electrons. The van der Waals surface area contributed by atoms with Gasteiger partial charge in [0, 0.05) is 5.56 Å². The van der Waals surface area contributed by atoms with Crippen LogP contribution in [-0.4, -0.2) is 29.0 Å². The molecular formula is C14H9F3N4O4S. The highest BCUT2D eigenvalue weighted by Gasteiger charge is 2.15. The molecule has 12 heteroatoms. The highest BCUT2D eigenvalue weighted by Crippen LogP contribution is 2.24. The van der Waals surface area contributed by atoms with Crippen LogP contribution in [0.25, 0.3) is 11.4 Å². The van der Waals surface area contributed by atoms with Crippen LogP contribution in [0.15, 0.2) is 36.4 Å². The van der Waals surface area contributed by atoms with E-state index in [0.29, 0.717) is 0 Å². The Morgan fingerprint density at radius 1 is 1.04 bits per heavy atom. The minimum Gasteiger partial charge on any atom is -0.489 e. The van der Waals surface area contributed by atoms with Gasteiger partial charge in [-0.1, -0.05) is 3.89 Å². The second-order valence-electron chi connectivity index (χ2n) is 4.90. The van der Waals surface area contributed by atoms with E-state index in [1.54, 1.807) is 0 Å². The maximum atomic E-state index is 14.1. The lowest BCUT2D eigenvalue weighted by atomic mass is 10.1. The summed E-state index contributed by atoms with van der Waals surface area (Å²) in [7, 11) is -5.14. The topological polar surface area (TPSA) is 107 Å². The minimum absolute atomic E-state index is 0.105. The van der Waals surface area contributed by atoms with Gasteiger partial charge in [-0.3, -0.25) is 0 Å². The second kappa shape index (κ2) is 7.00. The van der Waals surface area contributed by atoms with Crippen molar-refractivity contribution in [1.82, 2.24) is 20.6 Å². The predicted octanol–water partition coefficient (Wildman–Crippen LogP) is 2.32. The average molecular weight is 386 g/mol. The molecule has 0 fully saturated rings. The number of H-pyrrole nitrogens is 1. The molecule has 0 amide bonds. The van der Waals surface area contributed by atoms with Gasteiger partial charge < -0.3 is 8.92 Å². The quantitative estimate of drug-likeness (QED) is 0.648. The summed E-state index contributed by atoms with van der Waals surface area (Å²) in [6.07, 6.45) is 0. The van der Waals surface area contributed by atoms with Crippen LogP contribution in [0.5, 0.6) is 11.5 Å². The van der Waals surface area contributed by atoms with Crippen molar-refractivity contribution in [1.29, 1.82) is 0 Å². The smallest absolute Gasteiger partial charge is 0.488 e. The Morgan fingerprint density at radius 2 is 1.65 bits per heavy atom. The highest BCUT2D eigenvalue weighted by atomic mass is 32.3. The Bertz CT molecular complexity index is 988. The molecule has 0 aliphatic carbocycles. The number of aromatic nitrogens is 4. The summed E-state index contributed by atoms with van der Waals surface area (Å²) in [5.41, 5.74) is -0.199. The van der Waals surface area contributed by atoms with Gasteiger partial charge in [0.05, 0.1) is 5.56 Å². The zero-order valence-electron chi connectivity index (χ0n) is 12.7. The molecule has 1 heterocycles. The van der Waals surface area contributed by atoms with Crippen LogP contribution in [0.2, 0.25) is 0 Å². The fourth-order valence-electron chi connectivity index (χ4n) is 2.02. The summed E-state index contributed by atoms with van der Waals surface area (Å²) in [4.78, 5) is 0. The first-order valence-corrected chi connectivity index (χ1v) is 8.21. The number of nitrogens with zero attached hydrogens (tertiary/aromatic N) is 3. The molecule has 0 saturated carbocycles. The molecule has 26 heavy (non-hydrogen) atoms. The Labute approximate surface area is 145 Å².